The smallest absolute Gasteiger partial charge is 0.253 e. The van der Waals surface area contributed by atoms with Crippen LogP contribution in [0.5, 0.6) is 11.5 Å². The average molecular weight is 286 g/mol. The lowest BCUT2D eigenvalue weighted by Gasteiger charge is -2.09. The van der Waals surface area contributed by atoms with E-state index in [1.807, 2.05) is 31.2 Å². The standard InChI is InChI=1S/C16H18N2O3/c1-11-3-2-4-13(9-11)21-8-7-18-16(20)14-10-12(19)5-6-15(14)17/h2-6,9-10,19H,7-8,17H2,1H3,(H,18,20). The van der Waals surface area contributed by atoms with Crippen LogP contribution in [0.1, 0.15) is 15.9 Å². The normalized spacial score (nSPS) is 10.1. The second kappa shape index (κ2) is 6.65. The molecule has 0 heterocycles. The Labute approximate surface area is 123 Å². The second-order valence-electron chi connectivity index (χ2n) is 4.69. The summed E-state index contributed by atoms with van der Waals surface area (Å²) >= 11 is 0. The molecule has 0 unspecified atom stereocenters. The lowest BCUT2D eigenvalue weighted by Crippen LogP contribution is -2.28. The molecule has 0 aliphatic rings. The van der Waals surface area contributed by atoms with Gasteiger partial charge in [-0.2, -0.15) is 0 Å². The van der Waals surface area contributed by atoms with Crippen molar-refractivity contribution in [1.82, 2.24) is 5.32 Å². The second-order valence-corrected chi connectivity index (χ2v) is 4.69. The van der Waals surface area contributed by atoms with Crippen LogP contribution in [0.25, 0.3) is 0 Å². The summed E-state index contributed by atoms with van der Waals surface area (Å²) in [5.74, 6) is 0.433. The number of phenolic OH excluding ortho intramolecular Hbond substituents is 1. The fourth-order valence-electron chi connectivity index (χ4n) is 1.87. The highest BCUT2D eigenvalue weighted by atomic mass is 16.5. The molecule has 1 amide bonds. The number of hydrogen-bond acceptors (Lipinski definition) is 4. The number of anilines is 1. The van der Waals surface area contributed by atoms with E-state index in [-0.39, 0.29) is 17.2 Å². The fourth-order valence-corrected chi connectivity index (χ4v) is 1.87. The van der Waals surface area contributed by atoms with E-state index in [1.165, 1.54) is 18.2 Å². The van der Waals surface area contributed by atoms with E-state index in [0.717, 1.165) is 11.3 Å². The Balaban J connectivity index is 1.83. The number of ether oxygens (including phenoxy) is 1. The average Bonchev–Trinajstić information content (AvgIpc) is 2.46. The van der Waals surface area contributed by atoms with Gasteiger partial charge < -0.3 is 20.9 Å². The van der Waals surface area contributed by atoms with Gasteiger partial charge in [-0.3, -0.25) is 4.79 Å². The molecule has 0 spiro atoms. The minimum Gasteiger partial charge on any atom is -0.508 e. The Bertz CT molecular complexity index is 641. The first-order chi connectivity index (χ1) is 10.1. The summed E-state index contributed by atoms with van der Waals surface area (Å²) in [6.07, 6.45) is 0. The van der Waals surface area contributed by atoms with Gasteiger partial charge in [0.2, 0.25) is 0 Å². The summed E-state index contributed by atoms with van der Waals surface area (Å²) < 4.78 is 5.53. The van der Waals surface area contributed by atoms with Crippen LogP contribution in [0.2, 0.25) is 0 Å². The number of nitrogen functional groups attached to an aromatic ring is 1. The number of aromatic hydroxyl groups is 1. The van der Waals surface area contributed by atoms with Crippen molar-refractivity contribution in [1.29, 1.82) is 0 Å². The highest BCUT2D eigenvalue weighted by Gasteiger charge is 2.09. The van der Waals surface area contributed by atoms with Crippen LogP contribution in [0.4, 0.5) is 5.69 Å². The minimum atomic E-state index is -0.337. The zero-order valence-electron chi connectivity index (χ0n) is 11.8. The van der Waals surface area contributed by atoms with Gasteiger partial charge in [0, 0.05) is 5.69 Å². The van der Waals surface area contributed by atoms with Crippen molar-refractivity contribution in [3.8, 4) is 11.5 Å². The first kappa shape index (κ1) is 14.7. The SMILES string of the molecule is Cc1cccc(OCCNC(=O)c2cc(O)ccc2N)c1. The summed E-state index contributed by atoms with van der Waals surface area (Å²) in [6.45, 7) is 2.69. The number of phenols is 1. The maximum atomic E-state index is 11.9. The molecule has 0 atom stereocenters. The van der Waals surface area contributed by atoms with Crippen LogP contribution in [0, 0.1) is 6.92 Å². The fraction of sp³-hybridized carbons (Fsp3) is 0.188. The van der Waals surface area contributed by atoms with Crippen LogP contribution in [0.15, 0.2) is 42.5 Å². The van der Waals surface area contributed by atoms with E-state index >= 15 is 0 Å². The van der Waals surface area contributed by atoms with Gasteiger partial charge >= 0.3 is 0 Å². The number of nitrogens with one attached hydrogen (secondary N) is 1. The van der Waals surface area contributed by atoms with E-state index in [4.69, 9.17) is 10.5 Å². The molecule has 0 fully saturated rings. The van der Waals surface area contributed by atoms with Crippen molar-refractivity contribution in [2.75, 3.05) is 18.9 Å². The van der Waals surface area contributed by atoms with E-state index in [9.17, 15) is 9.90 Å². The van der Waals surface area contributed by atoms with E-state index in [1.54, 1.807) is 0 Å². The Morgan fingerprint density at radius 3 is 2.86 bits per heavy atom. The maximum Gasteiger partial charge on any atom is 0.253 e. The molecule has 110 valence electrons. The summed E-state index contributed by atoms with van der Waals surface area (Å²) in [7, 11) is 0. The zero-order chi connectivity index (χ0) is 15.2. The Morgan fingerprint density at radius 2 is 2.10 bits per heavy atom. The molecule has 0 bridgehead atoms. The Kier molecular flexibility index (Phi) is 4.66. The van der Waals surface area contributed by atoms with Gasteiger partial charge in [-0.15, -0.1) is 0 Å². The number of aryl methyl sites for hydroxylation is 1. The molecular formula is C16H18N2O3. The van der Waals surface area contributed by atoms with Crippen molar-refractivity contribution in [2.24, 2.45) is 0 Å². The highest BCUT2D eigenvalue weighted by Crippen LogP contribution is 2.18. The Hall–Kier alpha value is -2.69. The molecule has 5 heteroatoms. The van der Waals surface area contributed by atoms with Gasteiger partial charge in [0.25, 0.3) is 5.91 Å². The summed E-state index contributed by atoms with van der Waals surface area (Å²) in [6, 6.07) is 12.0. The van der Waals surface area contributed by atoms with Crippen molar-refractivity contribution >= 4 is 11.6 Å². The predicted octanol–water partition coefficient (Wildman–Crippen LogP) is 2.09. The van der Waals surface area contributed by atoms with E-state index in [2.05, 4.69) is 5.32 Å². The molecule has 2 aromatic rings. The molecule has 2 rings (SSSR count). The van der Waals surface area contributed by atoms with Crippen LogP contribution < -0.4 is 15.8 Å². The van der Waals surface area contributed by atoms with Crippen molar-refractivity contribution in [2.45, 2.75) is 6.92 Å². The molecule has 0 radical (unpaired) electrons. The third-order valence-electron chi connectivity index (χ3n) is 2.93. The molecule has 4 N–H and O–H groups in total. The third-order valence-corrected chi connectivity index (χ3v) is 2.93. The Morgan fingerprint density at radius 1 is 1.29 bits per heavy atom. The van der Waals surface area contributed by atoms with Crippen LogP contribution in [-0.4, -0.2) is 24.2 Å². The zero-order valence-corrected chi connectivity index (χ0v) is 11.8. The number of amides is 1. The lowest BCUT2D eigenvalue weighted by molar-refractivity contribution is 0.0947. The molecule has 0 aliphatic heterocycles. The van der Waals surface area contributed by atoms with Crippen LogP contribution in [0.3, 0.4) is 0 Å². The van der Waals surface area contributed by atoms with E-state index in [0.29, 0.717) is 18.8 Å². The van der Waals surface area contributed by atoms with Crippen molar-refractivity contribution < 1.29 is 14.6 Å². The molecule has 0 saturated carbocycles. The molecule has 2 aromatic carbocycles. The molecular weight excluding hydrogens is 268 g/mol. The predicted molar refractivity (Wildman–Crippen MR) is 81.5 cm³/mol. The summed E-state index contributed by atoms with van der Waals surface area (Å²) in [5.41, 5.74) is 7.39. The first-order valence-electron chi connectivity index (χ1n) is 6.62. The van der Waals surface area contributed by atoms with Gasteiger partial charge in [-0.1, -0.05) is 12.1 Å². The topological polar surface area (TPSA) is 84.6 Å². The van der Waals surface area contributed by atoms with Crippen LogP contribution in [-0.2, 0) is 0 Å². The van der Waals surface area contributed by atoms with Gasteiger partial charge in [0.15, 0.2) is 0 Å². The number of benzene rings is 2. The lowest BCUT2D eigenvalue weighted by atomic mass is 10.1. The number of carbonyl (C=O) groups excluding carboxylic acids is 1. The minimum absolute atomic E-state index is 0.00496. The summed E-state index contributed by atoms with van der Waals surface area (Å²) in [5, 5.41) is 12.1. The number of rotatable bonds is 5. The van der Waals surface area contributed by atoms with Gasteiger partial charge in [-0.25, -0.2) is 0 Å². The number of hydrogen-bond donors (Lipinski definition) is 3. The summed E-state index contributed by atoms with van der Waals surface area (Å²) in [4.78, 5) is 11.9. The van der Waals surface area contributed by atoms with Crippen molar-refractivity contribution in [3.63, 3.8) is 0 Å². The number of nitrogens with two attached hydrogens (primary N) is 1. The quantitative estimate of drug-likeness (QED) is 0.446. The largest absolute Gasteiger partial charge is 0.508 e. The molecule has 5 nitrogen and oxygen atoms in total. The monoisotopic (exact) mass is 286 g/mol. The molecule has 0 saturated heterocycles. The van der Waals surface area contributed by atoms with Crippen molar-refractivity contribution in [3.05, 3.63) is 53.6 Å². The van der Waals surface area contributed by atoms with Crippen LogP contribution >= 0.6 is 0 Å². The van der Waals surface area contributed by atoms with Gasteiger partial charge in [0.05, 0.1) is 12.1 Å². The van der Waals surface area contributed by atoms with E-state index < -0.39 is 0 Å². The third kappa shape index (κ3) is 4.14. The van der Waals surface area contributed by atoms with Gasteiger partial charge in [-0.05, 0) is 42.8 Å². The highest BCUT2D eigenvalue weighted by molar-refractivity contribution is 5.99. The maximum absolute atomic E-state index is 11.9. The van der Waals surface area contributed by atoms with Gasteiger partial charge in [0.1, 0.15) is 18.1 Å². The molecule has 0 aliphatic carbocycles. The molecule has 0 aromatic heterocycles. The first-order valence-corrected chi connectivity index (χ1v) is 6.62. The number of carbonyl (C=O) groups is 1. The molecule has 21 heavy (non-hydrogen) atoms.